The van der Waals surface area contributed by atoms with Crippen LogP contribution < -0.4 is 16.0 Å². The van der Waals surface area contributed by atoms with Gasteiger partial charge in [0.15, 0.2) is 0 Å². The van der Waals surface area contributed by atoms with Crippen LogP contribution >= 0.6 is 0 Å². The normalized spacial score (nSPS) is 21.3. The van der Waals surface area contributed by atoms with Gasteiger partial charge in [0.2, 0.25) is 5.91 Å². The van der Waals surface area contributed by atoms with Crippen molar-refractivity contribution in [2.24, 2.45) is 0 Å². The number of ether oxygens (including phenoxy) is 1. The number of hydrogen-bond acceptors (Lipinski definition) is 3. The number of rotatable bonds is 4. The lowest BCUT2D eigenvalue weighted by Crippen LogP contribution is -2.40. The molecular formula is C17H23N3O3. The number of hydrogen-bond donors (Lipinski definition) is 3. The van der Waals surface area contributed by atoms with E-state index in [-0.39, 0.29) is 24.1 Å². The molecule has 1 fully saturated rings. The van der Waals surface area contributed by atoms with E-state index in [1.807, 2.05) is 19.1 Å². The number of carbonyl (C=O) groups is 2. The van der Waals surface area contributed by atoms with E-state index in [2.05, 4.69) is 22.0 Å². The second kappa shape index (κ2) is 7.00. The SMILES string of the molecule is C[C@H](NC(=O)NC[C@H]1CCCO1)c1ccc2c(c1)CCC(=O)N2. The van der Waals surface area contributed by atoms with E-state index in [0.717, 1.165) is 42.7 Å². The van der Waals surface area contributed by atoms with Crippen molar-refractivity contribution in [1.29, 1.82) is 0 Å². The molecule has 0 aliphatic carbocycles. The highest BCUT2D eigenvalue weighted by Crippen LogP contribution is 2.26. The maximum atomic E-state index is 12.0. The van der Waals surface area contributed by atoms with E-state index < -0.39 is 0 Å². The number of anilines is 1. The Labute approximate surface area is 136 Å². The maximum absolute atomic E-state index is 12.0. The minimum atomic E-state index is -0.181. The summed E-state index contributed by atoms with van der Waals surface area (Å²) < 4.78 is 5.49. The van der Waals surface area contributed by atoms with Crippen molar-refractivity contribution in [3.8, 4) is 0 Å². The molecule has 1 aromatic rings. The molecular weight excluding hydrogens is 294 g/mol. The Morgan fingerprint density at radius 1 is 1.43 bits per heavy atom. The van der Waals surface area contributed by atoms with E-state index >= 15 is 0 Å². The zero-order chi connectivity index (χ0) is 16.2. The second-order valence-electron chi connectivity index (χ2n) is 6.18. The summed E-state index contributed by atoms with van der Waals surface area (Å²) in [5.74, 6) is 0.0601. The number of carbonyl (C=O) groups excluding carboxylic acids is 2. The average Bonchev–Trinajstić information content (AvgIpc) is 3.05. The predicted molar refractivity (Wildman–Crippen MR) is 87.3 cm³/mol. The van der Waals surface area contributed by atoms with Crippen molar-refractivity contribution < 1.29 is 14.3 Å². The summed E-state index contributed by atoms with van der Waals surface area (Å²) >= 11 is 0. The van der Waals surface area contributed by atoms with Gasteiger partial charge in [0.05, 0.1) is 12.1 Å². The summed E-state index contributed by atoms with van der Waals surface area (Å²) in [6.45, 7) is 3.29. The van der Waals surface area contributed by atoms with E-state index in [9.17, 15) is 9.59 Å². The molecule has 0 aromatic heterocycles. The van der Waals surface area contributed by atoms with Gasteiger partial charge in [-0.15, -0.1) is 0 Å². The van der Waals surface area contributed by atoms with Crippen LogP contribution in [-0.4, -0.2) is 31.2 Å². The largest absolute Gasteiger partial charge is 0.376 e. The molecule has 6 heteroatoms. The van der Waals surface area contributed by atoms with Gasteiger partial charge >= 0.3 is 6.03 Å². The highest BCUT2D eigenvalue weighted by molar-refractivity contribution is 5.93. The number of benzene rings is 1. The maximum Gasteiger partial charge on any atom is 0.315 e. The first-order chi connectivity index (χ1) is 11.1. The van der Waals surface area contributed by atoms with Gasteiger partial charge in [0.1, 0.15) is 0 Å². The topological polar surface area (TPSA) is 79.5 Å². The molecule has 2 aliphatic rings. The molecule has 2 aliphatic heterocycles. The summed E-state index contributed by atoms with van der Waals surface area (Å²) in [6, 6.07) is 5.63. The highest BCUT2D eigenvalue weighted by Gasteiger charge is 2.19. The Kier molecular flexibility index (Phi) is 4.81. The van der Waals surface area contributed by atoms with Gasteiger partial charge in [0, 0.05) is 25.3 Å². The molecule has 1 saturated heterocycles. The quantitative estimate of drug-likeness (QED) is 0.796. The summed E-state index contributed by atoms with van der Waals surface area (Å²) in [6.07, 6.45) is 3.47. The van der Waals surface area contributed by atoms with Crippen LogP contribution in [0.15, 0.2) is 18.2 Å². The standard InChI is InChI=1S/C17H23N3O3/c1-11(19-17(22)18-10-14-3-2-8-23-14)12-4-6-15-13(9-12)5-7-16(21)20-15/h4,6,9,11,14H,2-3,5,7-8,10H2,1H3,(H,20,21)(H2,18,19,22)/t11-,14+/m0/s1. The van der Waals surface area contributed by atoms with E-state index in [4.69, 9.17) is 4.74 Å². The van der Waals surface area contributed by atoms with Gasteiger partial charge in [-0.05, 0) is 43.4 Å². The van der Waals surface area contributed by atoms with Crippen molar-refractivity contribution in [3.05, 3.63) is 29.3 Å². The van der Waals surface area contributed by atoms with Crippen LogP contribution in [0.5, 0.6) is 0 Å². The minimum Gasteiger partial charge on any atom is -0.376 e. The predicted octanol–water partition coefficient (Wildman–Crippen LogP) is 2.11. The summed E-state index contributed by atoms with van der Waals surface area (Å²) in [5, 5.41) is 8.67. The third kappa shape index (κ3) is 4.01. The number of urea groups is 1. The van der Waals surface area contributed by atoms with Crippen LogP contribution in [0.4, 0.5) is 10.5 Å². The Morgan fingerprint density at radius 3 is 3.09 bits per heavy atom. The van der Waals surface area contributed by atoms with Gasteiger partial charge in [-0.3, -0.25) is 4.79 Å². The van der Waals surface area contributed by atoms with Gasteiger partial charge < -0.3 is 20.7 Å². The van der Waals surface area contributed by atoms with Crippen molar-refractivity contribution in [1.82, 2.24) is 10.6 Å². The van der Waals surface area contributed by atoms with Crippen molar-refractivity contribution >= 4 is 17.6 Å². The Hall–Kier alpha value is -2.08. The molecule has 1 aromatic carbocycles. The monoisotopic (exact) mass is 317 g/mol. The zero-order valence-corrected chi connectivity index (χ0v) is 13.4. The number of amides is 3. The summed E-state index contributed by atoms with van der Waals surface area (Å²) in [4.78, 5) is 23.4. The molecule has 0 spiro atoms. The molecule has 0 saturated carbocycles. The smallest absolute Gasteiger partial charge is 0.315 e. The lowest BCUT2D eigenvalue weighted by atomic mass is 9.98. The average molecular weight is 317 g/mol. The van der Waals surface area contributed by atoms with Gasteiger partial charge in [-0.1, -0.05) is 12.1 Å². The third-order valence-electron chi connectivity index (χ3n) is 4.39. The molecule has 2 heterocycles. The Bertz CT molecular complexity index is 597. The van der Waals surface area contributed by atoms with Crippen LogP contribution in [-0.2, 0) is 16.0 Å². The first-order valence-corrected chi connectivity index (χ1v) is 8.20. The Morgan fingerprint density at radius 2 is 2.30 bits per heavy atom. The first-order valence-electron chi connectivity index (χ1n) is 8.20. The molecule has 0 unspecified atom stereocenters. The van der Waals surface area contributed by atoms with E-state index in [1.54, 1.807) is 0 Å². The molecule has 0 bridgehead atoms. The first kappa shape index (κ1) is 15.8. The second-order valence-corrected chi connectivity index (χ2v) is 6.18. The van der Waals surface area contributed by atoms with Crippen molar-refractivity contribution in [3.63, 3.8) is 0 Å². The number of nitrogens with one attached hydrogen (secondary N) is 3. The Balaban J connectivity index is 1.54. The fraction of sp³-hybridized carbons (Fsp3) is 0.529. The van der Waals surface area contributed by atoms with E-state index in [0.29, 0.717) is 13.0 Å². The zero-order valence-electron chi connectivity index (χ0n) is 13.4. The van der Waals surface area contributed by atoms with Gasteiger partial charge in [-0.25, -0.2) is 4.79 Å². The summed E-state index contributed by atoms with van der Waals surface area (Å²) in [7, 11) is 0. The third-order valence-corrected chi connectivity index (χ3v) is 4.39. The molecule has 23 heavy (non-hydrogen) atoms. The van der Waals surface area contributed by atoms with Crippen LogP contribution in [0, 0.1) is 0 Å². The van der Waals surface area contributed by atoms with E-state index in [1.165, 1.54) is 0 Å². The van der Waals surface area contributed by atoms with Gasteiger partial charge in [-0.2, -0.15) is 0 Å². The molecule has 0 radical (unpaired) electrons. The fourth-order valence-corrected chi connectivity index (χ4v) is 3.02. The van der Waals surface area contributed by atoms with Crippen LogP contribution in [0.25, 0.3) is 0 Å². The number of fused-ring (bicyclic) bond motifs is 1. The highest BCUT2D eigenvalue weighted by atomic mass is 16.5. The molecule has 2 atom stereocenters. The fourth-order valence-electron chi connectivity index (χ4n) is 3.02. The summed E-state index contributed by atoms with van der Waals surface area (Å²) in [5.41, 5.74) is 3.03. The lowest BCUT2D eigenvalue weighted by Gasteiger charge is -2.21. The molecule has 124 valence electrons. The minimum absolute atomic E-state index is 0.0601. The van der Waals surface area contributed by atoms with Crippen LogP contribution in [0.3, 0.4) is 0 Å². The molecule has 3 rings (SSSR count). The molecule has 3 amide bonds. The molecule has 3 N–H and O–H groups in total. The van der Waals surface area contributed by atoms with Crippen molar-refractivity contribution in [2.45, 2.75) is 44.8 Å². The number of aryl methyl sites for hydroxylation is 1. The molecule has 6 nitrogen and oxygen atoms in total. The van der Waals surface area contributed by atoms with Crippen LogP contribution in [0.1, 0.15) is 43.4 Å². The van der Waals surface area contributed by atoms with Crippen LogP contribution in [0.2, 0.25) is 0 Å². The lowest BCUT2D eigenvalue weighted by molar-refractivity contribution is -0.116. The van der Waals surface area contributed by atoms with Gasteiger partial charge in [0.25, 0.3) is 0 Å². The van der Waals surface area contributed by atoms with Crippen molar-refractivity contribution in [2.75, 3.05) is 18.5 Å².